The van der Waals surface area contributed by atoms with Crippen LogP contribution in [0, 0.1) is 0 Å². The van der Waals surface area contributed by atoms with Crippen LogP contribution in [0.1, 0.15) is 4.88 Å². The summed E-state index contributed by atoms with van der Waals surface area (Å²) >= 11 is 1.72. The van der Waals surface area contributed by atoms with Crippen molar-refractivity contribution in [2.45, 2.75) is 6.54 Å². The zero-order valence-electron chi connectivity index (χ0n) is 8.42. The molecule has 2 rings (SSSR count). The second-order valence-corrected chi connectivity index (χ2v) is 4.25. The van der Waals surface area contributed by atoms with Crippen LogP contribution in [0.25, 0.3) is 0 Å². The minimum absolute atomic E-state index is 0.498. The molecule has 78 valence electrons. The van der Waals surface area contributed by atoms with Crippen molar-refractivity contribution < 1.29 is 0 Å². The van der Waals surface area contributed by atoms with Crippen LogP contribution in [0.15, 0.2) is 29.8 Å². The summed E-state index contributed by atoms with van der Waals surface area (Å²) in [4.78, 5) is 11.6. The van der Waals surface area contributed by atoms with Gasteiger partial charge in [0.05, 0.1) is 6.54 Å². The van der Waals surface area contributed by atoms with Crippen LogP contribution in [-0.4, -0.2) is 17.0 Å². The highest BCUT2D eigenvalue weighted by Crippen LogP contribution is 2.14. The van der Waals surface area contributed by atoms with Crippen molar-refractivity contribution in [2.24, 2.45) is 0 Å². The molecule has 0 spiro atoms. The molecule has 2 aromatic rings. The normalized spacial score (nSPS) is 10.2. The van der Waals surface area contributed by atoms with E-state index >= 15 is 0 Å². The molecule has 4 nitrogen and oxygen atoms in total. The second kappa shape index (κ2) is 4.27. The van der Waals surface area contributed by atoms with Gasteiger partial charge in [0.25, 0.3) is 0 Å². The lowest BCUT2D eigenvalue weighted by molar-refractivity contribution is 0.880. The molecule has 0 bridgehead atoms. The lowest BCUT2D eigenvalue weighted by Gasteiger charge is -2.15. The number of thiophene rings is 1. The number of rotatable bonds is 3. The summed E-state index contributed by atoms with van der Waals surface area (Å²) in [6.07, 6.45) is 1.67. The number of aromatic nitrogens is 2. The molecule has 0 unspecified atom stereocenters. The Balaban J connectivity index is 2.11. The predicted octanol–water partition coefficient (Wildman–Crippen LogP) is 1.76. The van der Waals surface area contributed by atoms with Gasteiger partial charge in [-0.2, -0.15) is 4.98 Å². The second-order valence-electron chi connectivity index (χ2n) is 3.22. The number of nitrogens with zero attached hydrogens (tertiary/aromatic N) is 3. The summed E-state index contributed by atoms with van der Waals surface area (Å²) in [5.74, 6) is 1.15. The summed E-state index contributed by atoms with van der Waals surface area (Å²) < 4.78 is 0. The number of nitrogens with two attached hydrogens (primary N) is 1. The van der Waals surface area contributed by atoms with Crippen molar-refractivity contribution in [2.75, 3.05) is 17.7 Å². The molecule has 2 aromatic heterocycles. The van der Waals surface area contributed by atoms with Crippen molar-refractivity contribution in [1.82, 2.24) is 9.97 Å². The molecule has 5 heteroatoms. The molecule has 0 amide bonds. The zero-order chi connectivity index (χ0) is 10.7. The number of nitrogen functional groups attached to an aromatic ring is 1. The third-order valence-electron chi connectivity index (χ3n) is 1.98. The Morgan fingerprint density at radius 1 is 1.47 bits per heavy atom. The minimum atomic E-state index is 0.498. The van der Waals surface area contributed by atoms with Crippen molar-refractivity contribution in [1.29, 1.82) is 0 Å². The van der Waals surface area contributed by atoms with Gasteiger partial charge in [-0.1, -0.05) is 6.07 Å². The van der Waals surface area contributed by atoms with Crippen LogP contribution in [-0.2, 0) is 6.54 Å². The van der Waals surface area contributed by atoms with E-state index < -0.39 is 0 Å². The first-order valence-electron chi connectivity index (χ1n) is 4.58. The van der Waals surface area contributed by atoms with Crippen LogP contribution in [0.4, 0.5) is 11.8 Å². The quantitative estimate of drug-likeness (QED) is 0.856. The lowest BCUT2D eigenvalue weighted by atomic mass is 10.4. The molecule has 0 aromatic carbocycles. The molecule has 0 atom stereocenters. The molecular formula is C10H12N4S. The van der Waals surface area contributed by atoms with Gasteiger partial charge in [-0.25, -0.2) is 4.98 Å². The average molecular weight is 220 g/mol. The Kier molecular flexibility index (Phi) is 2.82. The smallest absolute Gasteiger partial charge is 0.227 e. The summed E-state index contributed by atoms with van der Waals surface area (Å²) in [7, 11) is 1.95. The molecule has 0 radical (unpaired) electrons. The summed E-state index contributed by atoms with van der Waals surface area (Å²) in [6, 6.07) is 5.81. The van der Waals surface area contributed by atoms with Crippen molar-refractivity contribution >= 4 is 23.1 Å². The Morgan fingerprint density at radius 2 is 2.33 bits per heavy atom. The molecule has 0 saturated carbocycles. The SMILES string of the molecule is CN(Cc1cccs1)c1nccc(N)n1. The Bertz CT molecular complexity index is 427. The van der Waals surface area contributed by atoms with E-state index in [4.69, 9.17) is 5.73 Å². The highest BCUT2D eigenvalue weighted by atomic mass is 32.1. The van der Waals surface area contributed by atoms with E-state index in [0.29, 0.717) is 11.8 Å². The van der Waals surface area contributed by atoms with E-state index in [-0.39, 0.29) is 0 Å². The van der Waals surface area contributed by atoms with Crippen molar-refractivity contribution in [3.05, 3.63) is 34.7 Å². The number of anilines is 2. The maximum Gasteiger partial charge on any atom is 0.227 e. The Morgan fingerprint density at radius 3 is 3.00 bits per heavy atom. The van der Waals surface area contributed by atoms with Crippen molar-refractivity contribution in [3.8, 4) is 0 Å². The molecule has 0 aliphatic heterocycles. The fourth-order valence-electron chi connectivity index (χ4n) is 1.25. The van der Waals surface area contributed by atoms with Gasteiger partial charge < -0.3 is 10.6 Å². The van der Waals surface area contributed by atoms with Gasteiger partial charge in [0.15, 0.2) is 0 Å². The van der Waals surface area contributed by atoms with E-state index in [1.54, 1.807) is 23.6 Å². The van der Waals surface area contributed by atoms with Crippen LogP contribution < -0.4 is 10.6 Å². The molecular weight excluding hydrogens is 208 g/mol. The third-order valence-corrected chi connectivity index (χ3v) is 2.84. The Labute approximate surface area is 92.4 Å². The van der Waals surface area contributed by atoms with E-state index in [1.165, 1.54) is 4.88 Å². The monoisotopic (exact) mass is 220 g/mol. The van der Waals surface area contributed by atoms with Crippen LogP contribution in [0.3, 0.4) is 0 Å². The van der Waals surface area contributed by atoms with Gasteiger partial charge >= 0.3 is 0 Å². The zero-order valence-corrected chi connectivity index (χ0v) is 9.24. The van der Waals surface area contributed by atoms with E-state index in [0.717, 1.165) is 6.54 Å². The molecule has 0 aliphatic rings. The predicted molar refractivity (Wildman–Crippen MR) is 62.9 cm³/mol. The molecule has 2 N–H and O–H groups in total. The largest absolute Gasteiger partial charge is 0.384 e. The van der Waals surface area contributed by atoms with E-state index in [1.807, 2.05) is 18.0 Å². The maximum absolute atomic E-state index is 5.59. The lowest BCUT2D eigenvalue weighted by Crippen LogP contribution is -2.18. The highest BCUT2D eigenvalue weighted by molar-refractivity contribution is 7.09. The first kappa shape index (κ1) is 9.92. The molecule has 0 fully saturated rings. The van der Waals surface area contributed by atoms with Gasteiger partial charge in [0, 0.05) is 18.1 Å². The van der Waals surface area contributed by atoms with E-state index in [2.05, 4.69) is 21.4 Å². The van der Waals surface area contributed by atoms with Crippen LogP contribution in [0.2, 0.25) is 0 Å². The highest BCUT2D eigenvalue weighted by Gasteiger charge is 2.05. The fraction of sp³-hybridized carbons (Fsp3) is 0.200. The molecule has 0 aliphatic carbocycles. The third kappa shape index (κ3) is 2.44. The van der Waals surface area contributed by atoms with Gasteiger partial charge in [-0.3, -0.25) is 0 Å². The van der Waals surface area contributed by atoms with Crippen LogP contribution in [0.5, 0.6) is 0 Å². The fourth-order valence-corrected chi connectivity index (χ4v) is 2.01. The first-order chi connectivity index (χ1) is 7.25. The van der Waals surface area contributed by atoms with Crippen LogP contribution >= 0.6 is 11.3 Å². The summed E-state index contributed by atoms with van der Waals surface area (Å²) in [6.45, 7) is 0.807. The Hall–Kier alpha value is -1.62. The van der Waals surface area contributed by atoms with Gasteiger partial charge in [-0.05, 0) is 17.5 Å². The topological polar surface area (TPSA) is 55.0 Å². The minimum Gasteiger partial charge on any atom is -0.384 e. The maximum atomic E-state index is 5.59. The molecule has 0 saturated heterocycles. The summed E-state index contributed by atoms with van der Waals surface area (Å²) in [5, 5.41) is 2.06. The standard InChI is InChI=1S/C10H12N4S/c1-14(7-8-3-2-6-15-8)10-12-5-4-9(11)13-10/h2-6H,7H2,1H3,(H2,11,12,13). The molecule has 2 heterocycles. The molecule has 15 heavy (non-hydrogen) atoms. The number of hydrogen-bond acceptors (Lipinski definition) is 5. The van der Waals surface area contributed by atoms with E-state index in [9.17, 15) is 0 Å². The average Bonchev–Trinajstić information content (AvgIpc) is 2.70. The van der Waals surface area contributed by atoms with Gasteiger partial charge in [0.1, 0.15) is 5.82 Å². The summed E-state index contributed by atoms with van der Waals surface area (Å²) in [5.41, 5.74) is 5.59. The number of hydrogen-bond donors (Lipinski definition) is 1. The van der Waals surface area contributed by atoms with Gasteiger partial charge in [0.2, 0.25) is 5.95 Å². The van der Waals surface area contributed by atoms with Crippen molar-refractivity contribution in [3.63, 3.8) is 0 Å². The first-order valence-corrected chi connectivity index (χ1v) is 5.46. The van der Waals surface area contributed by atoms with Gasteiger partial charge in [-0.15, -0.1) is 11.3 Å².